The van der Waals surface area contributed by atoms with E-state index in [1.165, 1.54) is 6.20 Å². The van der Waals surface area contributed by atoms with Gasteiger partial charge in [-0.2, -0.15) is 5.26 Å². The van der Waals surface area contributed by atoms with Crippen molar-refractivity contribution in [3.05, 3.63) is 51.9 Å². The third-order valence-corrected chi connectivity index (χ3v) is 9.60. The lowest BCUT2D eigenvalue weighted by Crippen LogP contribution is -2.40. The molecule has 0 N–H and O–H groups in total. The molecule has 0 aromatic carbocycles. The largest absolute Gasteiger partial charge is 0.471 e. The third kappa shape index (κ3) is 6.17. The fourth-order valence-electron chi connectivity index (χ4n) is 1.95. The van der Waals surface area contributed by atoms with Gasteiger partial charge in [-0.15, -0.1) is 0 Å². The summed E-state index contributed by atoms with van der Waals surface area (Å²) < 4.78 is 12.5. The molecule has 0 spiro atoms. The van der Waals surface area contributed by atoms with Crippen LogP contribution in [0.5, 0.6) is 5.88 Å². The SMILES string of the molecule is CC(C)(C)[Si](C)(C)OCC#Cc1cc(C#N)cnc1COc1cccc(Br)n1. The number of hydrogen-bond acceptors (Lipinski definition) is 5. The van der Waals surface area contributed by atoms with Crippen molar-refractivity contribution in [2.45, 2.75) is 45.5 Å². The smallest absolute Gasteiger partial charge is 0.214 e. The summed E-state index contributed by atoms with van der Waals surface area (Å²) in [4.78, 5) is 8.57. The molecule has 0 saturated heterocycles. The van der Waals surface area contributed by atoms with Gasteiger partial charge >= 0.3 is 0 Å². The minimum Gasteiger partial charge on any atom is -0.471 e. The molecular formula is C21H24BrN3O2Si. The second-order valence-electron chi connectivity index (χ2n) is 7.77. The quantitative estimate of drug-likeness (QED) is 0.356. The van der Waals surface area contributed by atoms with E-state index in [9.17, 15) is 0 Å². The first kappa shape index (κ1) is 22.1. The van der Waals surface area contributed by atoms with Crippen molar-refractivity contribution in [3.63, 3.8) is 0 Å². The standard InChI is InChI=1S/C21H24BrN3O2Si/c1-21(2,3)28(4,5)27-11-7-8-17-12-16(13-23)14-24-18(17)15-26-20-10-6-9-19(22)25-20/h6,9-10,12,14H,11,15H2,1-5H3. The van der Waals surface area contributed by atoms with Crippen molar-refractivity contribution in [1.29, 1.82) is 5.26 Å². The van der Waals surface area contributed by atoms with Gasteiger partial charge in [0.1, 0.15) is 17.3 Å². The molecule has 2 heterocycles. The molecule has 28 heavy (non-hydrogen) atoms. The molecule has 7 heteroatoms. The molecule has 146 valence electrons. The van der Waals surface area contributed by atoms with Crippen LogP contribution in [0.15, 0.2) is 35.1 Å². The van der Waals surface area contributed by atoms with Crippen LogP contribution in [0.2, 0.25) is 18.1 Å². The number of hydrogen-bond donors (Lipinski definition) is 0. The fourth-order valence-corrected chi connectivity index (χ4v) is 3.15. The van der Waals surface area contributed by atoms with Gasteiger partial charge in [-0.1, -0.05) is 38.7 Å². The predicted molar refractivity (Wildman–Crippen MR) is 115 cm³/mol. The van der Waals surface area contributed by atoms with Crippen molar-refractivity contribution >= 4 is 24.2 Å². The maximum Gasteiger partial charge on any atom is 0.214 e. The van der Waals surface area contributed by atoms with Gasteiger partial charge < -0.3 is 9.16 Å². The van der Waals surface area contributed by atoms with Gasteiger partial charge in [0.05, 0.1) is 23.4 Å². The minimum atomic E-state index is -1.85. The van der Waals surface area contributed by atoms with Crippen molar-refractivity contribution in [3.8, 4) is 23.8 Å². The molecule has 0 bridgehead atoms. The third-order valence-electron chi connectivity index (χ3n) is 4.68. The topological polar surface area (TPSA) is 68.0 Å². The van der Waals surface area contributed by atoms with Crippen molar-refractivity contribution in [2.24, 2.45) is 0 Å². The zero-order valence-corrected chi connectivity index (χ0v) is 19.4. The highest BCUT2D eigenvalue weighted by atomic mass is 79.9. The van der Waals surface area contributed by atoms with Gasteiger partial charge in [0, 0.05) is 12.3 Å². The van der Waals surface area contributed by atoms with E-state index in [4.69, 9.17) is 14.4 Å². The van der Waals surface area contributed by atoms with Crippen LogP contribution in [-0.4, -0.2) is 24.9 Å². The molecule has 0 fully saturated rings. The Hall–Kier alpha value is -2.19. The molecule has 2 aromatic heterocycles. The van der Waals surface area contributed by atoms with Crippen LogP contribution in [0.1, 0.15) is 37.6 Å². The van der Waals surface area contributed by atoms with Crippen LogP contribution in [0.4, 0.5) is 0 Å². The lowest BCUT2D eigenvalue weighted by atomic mass is 10.1. The Balaban J connectivity index is 2.14. The molecule has 5 nitrogen and oxygen atoms in total. The Bertz CT molecular complexity index is 937. The minimum absolute atomic E-state index is 0.132. The highest BCUT2D eigenvalue weighted by Gasteiger charge is 2.36. The molecular weight excluding hydrogens is 434 g/mol. The van der Waals surface area contributed by atoms with Crippen LogP contribution in [0.25, 0.3) is 0 Å². The molecule has 0 saturated carbocycles. The highest BCUT2D eigenvalue weighted by molar-refractivity contribution is 9.10. The van der Waals surface area contributed by atoms with E-state index >= 15 is 0 Å². The number of nitrogens with zero attached hydrogens (tertiary/aromatic N) is 3. The summed E-state index contributed by atoms with van der Waals surface area (Å²) in [5.41, 5.74) is 1.77. The van der Waals surface area contributed by atoms with E-state index in [0.29, 0.717) is 33.9 Å². The zero-order valence-electron chi connectivity index (χ0n) is 16.8. The Kier molecular flexibility index (Phi) is 7.37. The van der Waals surface area contributed by atoms with Crippen LogP contribution in [0.3, 0.4) is 0 Å². The Morgan fingerprint density at radius 1 is 1.25 bits per heavy atom. The van der Waals surface area contributed by atoms with Crippen molar-refractivity contribution in [2.75, 3.05) is 6.61 Å². The average molecular weight is 458 g/mol. The second-order valence-corrected chi connectivity index (χ2v) is 13.4. The Labute approximate surface area is 176 Å². The van der Waals surface area contributed by atoms with Crippen LogP contribution in [0, 0.1) is 23.2 Å². The summed E-state index contributed by atoms with van der Waals surface area (Å²) in [5, 5.41) is 9.29. The number of pyridine rings is 2. The average Bonchev–Trinajstić information content (AvgIpc) is 2.63. The molecule has 0 atom stereocenters. The van der Waals surface area contributed by atoms with Crippen molar-refractivity contribution in [1.82, 2.24) is 9.97 Å². The molecule has 0 aliphatic heterocycles. The summed E-state index contributed by atoms with van der Waals surface area (Å²) in [5.74, 6) is 6.63. The van der Waals surface area contributed by atoms with Gasteiger partial charge in [0.2, 0.25) is 5.88 Å². The van der Waals surface area contributed by atoms with E-state index in [1.54, 1.807) is 12.1 Å². The van der Waals surface area contributed by atoms with E-state index in [2.05, 4.69) is 77.7 Å². The summed E-state index contributed by atoms with van der Waals surface area (Å²) in [6, 6.07) is 9.26. The molecule has 0 aliphatic carbocycles. The normalized spacial score (nSPS) is 11.3. The summed E-state index contributed by atoms with van der Waals surface area (Å²) in [7, 11) is -1.85. The monoisotopic (exact) mass is 457 g/mol. The Morgan fingerprint density at radius 3 is 2.64 bits per heavy atom. The lowest BCUT2D eigenvalue weighted by molar-refractivity contribution is 0.288. The number of rotatable bonds is 5. The molecule has 0 aliphatic rings. The summed E-state index contributed by atoms with van der Waals surface area (Å²) >= 11 is 3.32. The molecule has 2 rings (SSSR count). The maximum atomic E-state index is 9.16. The second kappa shape index (κ2) is 9.34. The van der Waals surface area contributed by atoms with Crippen LogP contribution in [-0.2, 0) is 11.0 Å². The number of nitriles is 1. The Morgan fingerprint density at radius 2 is 2.00 bits per heavy atom. The van der Waals surface area contributed by atoms with E-state index < -0.39 is 8.32 Å². The van der Waals surface area contributed by atoms with Gasteiger partial charge in [-0.05, 0) is 46.2 Å². The van der Waals surface area contributed by atoms with Gasteiger partial charge in [-0.25, -0.2) is 4.98 Å². The zero-order chi connectivity index (χ0) is 20.8. The molecule has 0 amide bonds. The molecule has 2 aromatic rings. The lowest BCUT2D eigenvalue weighted by Gasteiger charge is -2.35. The molecule has 0 radical (unpaired) electrons. The predicted octanol–water partition coefficient (Wildman–Crippen LogP) is 5.06. The first-order chi connectivity index (χ1) is 13.1. The highest BCUT2D eigenvalue weighted by Crippen LogP contribution is 2.36. The summed E-state index contributed by atoms with van der Waals surface area (Å²) in [6.45, 7) is 11.5. The first-order valence-electron chi connectivity index (χ1n) is 8.89. The number of ether oxygens (including phenoxy) is 1. The van der Waals surface area contributed by atoms with E-state index in [1.807, 2.05) is 12.1 Å². The van der Waals surface area contributed by atoms with Gasteiger partial charge in [0.25, 0.3) is 0 Å². The van der Waals surface area contributed by atoms with E-state index in [0.717, 1.165) is 0 Å². The maximum absolute atomic E-state index is 9.16. The number of aromatic nitrogens is 2. The number of halogens is 1. The van der Waals surface area contributed by atoms with Crippen LogP contribution >= 0.6 is 15.9 Å². The van der Waals surface area contributed by atoms with Gasteiger partial charge in [-0.3, -0.25) is 4.98 Å². The van der Waals surface area contributed by atoms with Crippen molar-refractivity contribution < 1.29 is 9.16 Å². The van der Waals surface area contributed by atoms with Crippen LogP contribution < -0.4 is 4.74 Å². The fraction of sp³-hybridized carbons (Fsp3) is 0.381. The summed E-state index contributed by atoms with van der Waals surface area (Å²) in [6.07, 6.45) is 1.52. The molecule has 0 unspecified atom stereocenters. The van der Waals surface area contributed by atoms with E-state index in [-0.39, 0.29) is 11.6 Å². The van der Waals surface area contributed by atoms with Gasteiger partial charge in [0.15, 0.2) is 8.32 Å². The first-order valence-corrected chi connectivity index (χ1v) is 12.6.